The molecule has 10 nitrogen and oxygen atoms in total. The summed E-state index contributed by atoms with van der Waals surface area (Å²) in [6.07, 6.45) is -10.6. The second-order valence-corrected chi connectivity index (χ2v) is 5.81. The van der Waals surface area contributed by atoms with E-state index in [1.54, 1.807) is 0 Å². The smallest absolute Gasteiger partial charge is 0.303 e. The van der Waals surface area contributed by atoms with Gasteiger partial charge in [-0.15, -0.1) is 0 Å². The molecule has 0 aromatic rings. The first-order chi connectivity index (χ1) is 12.4. The zero-order valence-corrected chi connectivity index (χ0v) is 15.4. The van der Waals surface area contributed by atoms with Crippen molar-refractivity contribution in [3.63, 3.8) is 0 Å². The maximum atomic E-state index is 15.1. The highest BCUT2D eigenvalue weighted by Gasteiger charge is 2.59. The molecule has 0 aromatic carbocycles. The molecule has 0 radical (unpaired) electrons. The Morgan fingerprint density at radius 3 is 0.889 bits per heavy atom. The van der Waals surface area contributed by atoms with E-state index in [-0.39, 0.29) is 0 Å². The summed E-state index contributed by atoms with van der Waals surface area (Å²) < 4.78 is 39.9. The second-order valence-electron chi connectivity index (χ2n) is 5.81. The molecule has 6 atom stereocenters. The Morgan fingerprint density at radius 1 is 0.481 bits per heavy atom. The average Bonchev–Trinajstić information content (AvgIpc) is 2.49. The van der Waals surface area contributed by atoms with Crippen LogP contribution in [0.5, 0.6) is 0 Å². The molecular formula is C16H21FO10. The van der Waals surface area contributed by atoms with Gasteiger partial charge in [-0.05, 0) is 0 Å². The molecule has 27 heavy (non-hydrogen) atoms. The third-order valence-electron chi connectivity index (χ3n) is 3.43. The number of hydrogen-bond acceptors (Lipinski definition) is 10. The Balaban J connectivity index is 3.46. The van der Waals surface area contributed by atoms with Crippen LogP contribution in [-0.4, -0.2) is 66.5 Å². The van der Waals surface area contributed by atoms with Crippen molar-refractivity contribution >= 4 is 29.8 Å². The maximum absolute atomic E-state index is 15.1. The number of rotatable bonds is 5. The van der Waals surface area contributed by atoms with Gasteiger partial charge in [0.2, 0.25) is 0 Å². The minimum Gasteiger partial charge on any atom is -0.455 e. The Morgan fingerprint density at radius 2 is 0.667 bits per heavy atom. The molecule has 0 bridgehead atoms. The lowest BCUT2D eigenvalue weighted by atomic mass is 9.84. The quantitative estimate of drug-likeness (QED) is 0.465. The number of alkyl halides is 1. The highest BCUT2D eigenvalue weighted by atomic mass is 19.1. The summed E-state index contributed by atoms with van der Waals surface area (Å²) in [6, 6.07) is 0. The van der Waals surface area contributed by atoms with Crippen LogP contribution < -0.4 is 0 Å². The highest BCUT2D eigenvalue weighted by molar-refractivity contribution is 5.70. The summed E-state index contributed by atoms with van der Waals surface area (Å²) in [7, 11) is 0. The molecule has 0 amide bonds. The summed E-state index contributed by atoms with van der Waals surface area (Å²) in [5.41, 5.74) is 0. The molecular weight excluding hydrogens is 371 g/mol. The Hall–Kier alpha value is -2.72. The van der Waals surface area contributed by atoms with Crippen molar-refractivity contribution in [2.45, 2.75) is 71.3 Å². The summed E-state index contributed by atoms with van der Waals surface area (Å²) in [5, 5.41) is 0. The van der Waals surface area contributed by atoms with Crippen molar-refractivity contribution in [1.82, 2.24) is 0 Å². The van der Waals surface area contributed by atoms with Crippen molar-refractivity contribution in [3.8, 4) is 0 Å². The Kier molecular flexibility index (Phi) is 7.68. The Bertz CT molecular complexity index is 574. The topological polar surface area (TPSA) is 132 Å². The lowest BCUT2D eigenvalue weighted by molar-refractivity contribution is -0.246. The number of esters is 5. The van der Waals surface area contributed by atoms with Crippen LogP contribution in [0.1, 0.15) is 34.6 Å². The van der Waals surface area contributed by atoms with Crippen LogP contribution in [-0.2, 0) is 47.7 Å². The van der Waals surface area contributed by atoms with E-state index in [2.05, 4.69) is 0 Å². The van der Waals surface area contributed by atoms with Crippen molar-refractivity contribution in [1.29, 1.82) is 0 Å². The molecule has 0 spiro atoms. The fraction of sp³-hybridized carbons (Fsp3) is 0.688. The van der Waals surface area contributed by atoms with Crippen molar-refractivity contribution in [2.24, 2.45) is 0 Å². The van der Waals surface area contributed by atoms with Crippen LogP contribution in [0.2, 0.25) is 0 Å². The number of hydrogen-bond donors (Lipinski definition) is 0. The number of carbonyl (C=O) groups is 5. The van der Waals surface area contributed by atoms with E-state index < -0.39 is 66.5 Å². The molecule has 11 heteroatoms. The SMILES string of the molecule is CC(=O)OC1C(OC(C)=O)[C@@H](OC(C)=O)[C@@H](OC(C)=O)C(OC(C)=O)[C@@H]1F. The standard InChI is InChI=1S/C16H21FO10/c1-6(18)23-12-11(17)13(24-7(2)19)15(26-9(4)21)16(27-10(5)22)14(12)25-8(3)20/h11-16H,1-5H3/t11-,12?,13?,14-,15?,16-/m0/s1. The van der Waals surface area contributed by atoms with E-state index in [0.717, 1.165) is 34.6 Å². The van der Waals surface area contributed by atoms with Gasteiger partial charge in [-0.25, -0.2) is 4.39 Å². The van der Waals surface area contributed by atoms with Gasteiger partial charge in [0.05, 0.1) is 0 Å². The van der Waals surface area contributed by atoms with Crippen molar-refractivity contribution in [3.05, 3.63) is 0 Å². The molecule has 1 aliphatic carbocycles. The first-order valence-corrected chi connectivity index (χ1v) is 7.94. The van der Waals surface area contributed by atoms with Gasteiger partial charge < -0.3 is 23.7 Å². The second kappa shape index (κ2) is 9.28. The molecule has 152 valence electrons. The van der Waals surface area contributed by atoms with Gasteiger partial charge in [-0.3, -0.25) is 24.0 Å². The van der Waals surface area contributed by atoms with E-state index in [4.69, 9.17) is 23.7 Å². The van der Waals surface area contributed by atoms with Crippen LogP contribution in [0.15, 0.2) is 0 Å². The van der Waals surface area contributed by atoms with Crippen LogP contribution >= 0.6 is 0 Å². The summed E-state index contributed by atoms with van der Waals surface area (Å²) >= 11 is 0. The van der Waals surface area contributed by atoms with Gasteiger partial charge in [-0.1, -0.05) is 0 Å². The molecule has 0 N–H and O–H groups in total. The number of ether oxygens (including phenoxy) is 5. The third-order valence-corrected chi connectivity index (χ3v) is 3.43. The van der Waals surface area contributed by atoms with E-state index in [1.807, 2.05) is 0 Å². The van der Waals surface area contributed by atoms with Crippen LogP contribution in [0.3, 0.4) is 0 Å². The molecule has 0 aliphatic heterocycles. The lowest BCUT2D eigenvalue weighted by Gasteiger charge is -2.45. The summed E-state index contributed by atoms with van der Waals surface area (Å²) in [5.74, 6) is -4.51. The average molecular weight is 392 g/mol. The molecule has 1 rings (SSSR count). The van der Waals surface area contributed by atoms with Gasteiger partial charge in [0.1, 0.15) is 0 Å². The molecule has 0 aromatic heterocycles. The van der Waals surface area contributed by atoms with Gasteiger partial charge in [0.25, 0.3) is 0 Å². The maximum Gasteiger partial charge on any atom is 0.303 e. The minimum atomic E-state index is -2.24. The largest absolute Gasteiger partial charge is 0.455 e. The predicted molar refractivity (Wildman–Crippen MR) is 82.7 cm³/mol. The lowest BCUT2D eigenvalue weighted by Crippen LogP contribution is -2.67. The molecule has 1 aliphatic rings. The summed E-state index contributed by atoms with van der Waals surface area (Å²) in [4.78, 5) is 57.2. The molecule has 3 unspecified atom stereocenters. The van der Waals surface area contributed by atoms with Gasteiger partial charge >= 0.3 is 29.8 Å². The fourth-order valence-corrected chi connectivity index (χ4v) is 2.73. The summed E-state index contributed by atoms with van der Waals surface area (Å²) in [6.45, 7) is 4.98. The molecule has 1 fully saturated rings. The zero-order chi connectivity index (χ0) is 20.9. The van der Waals surface area contributed by atoms with Gasteiger partial charge in [0.15, 0.2) is 36.7 Å². The van der Waals surface area contributed by atoms with Crippen LogP contribution in [0, 0.1) is 0 Å². The molecule has 0 heterocycles. The van der Waals surface area contributed by atoms with Gasteiger partial charge in [0, 0.05) is 34.6 Å². The van der Waals surface area contributed by atoms with E-state index in [1.165, 1.54) is 0 Å². The predicted octanol–water partition coefficient (Wildman–Crippen LogP) is -0.00340. The molecule has 1 saturated carbocycles. The van der Waals surface area contributed by atoms with E-state index in [0.29, 0.717) is 0 Å². The number of carbonyl (C=O) groups excluding carboxylic acids is 5. The molecule has 0 saturated heterocycles. The van der Waals surface area contributed by atoms with E-state index >= 15 is 4.39 Å². The third kappa shape index (κ3) is 6.19. The monoisotopic (exact) mass is 392 g/mol. The van der Waals surface area contributed by atoms with E-state index in [9.17, 15) is 24.0 Å². The first-order valence-electron chi connectivity index (χ1n) is 7.94. The number of halogens is 1. The Labute approximate surface area is 154 Å². The normalized spacial score (nSPS) is 29.9. The van der Waals surface area contributed by atoms with Crippen molar-refractivity contribution < 1.29 is 52.0 Å². The van der Waals surface area contributed by atoms with Crippen LogP contribution in [0.25, 0.3) is 0 Å². The van der Waals surface area contributed by atoms with Gasteiger partial charge in [-0.2, -0.15) is 0 Å². The van der Waals surface area contributed by atoms with Crippen molar-refractivity contribution in [2.75, 3.05) is 0 Å². The minimum absolute atomic E-state index is 0.880. The highest BCUT2D eigenvalue weighted by Crippen LogP contribution is 2.34. The fourth-order valence-electron chi connectivity index (χ4n) is 2.73. The first kappa shape index (κ1) is 22.3. The van der Waals surface area contributed by atoms with Crippen LogP contribution in [0.4, 0.5) is 4.39 Å². The zero-order valence-electron chi connectivity index (χ0n) is 15.4.